The fraction of sp³-hybridized carbons (Fsp3) is 0. The quantitative estimate of drug-likeness (QED) is 0.418. The van der Waals surface area contributed by atoms with Gasteiger partial charge < -0.3 is 0 Å². The number of hydrogen-bond donors (Lipinski definition) is 0. The third-order valence-electron chi connectivity index (χ3n) is 3.62. The Hall–Kier alpha value is -3.28. The molecule has 6 nitrogen and oxygen atoms in total. The van der Waals surface area contributed by atoms with Gasteiger partial charge in [-0.2, -0.15) is 0 Å². The largest absolute Gasteiger partial charge is 0.280 e. The molecule has 0 aliphatic carbocycles. The molecule has 4 rings (SSSR count). The highest BCUT2D eigenvalue weighted by Gasteiger charge is 2.19. The van der Waals surface area contributed by atoms with Gasteiger partial charge in [0.1, 0.15) is 0 Å². The number of nitrogens with zero attached hydrogens (tertiary/aromatic N) is 4. The van der Waals surface area contributed by atoms with E-state index in [0.29, 0.717) is 17.0 Å². The molecule has 2 heterocycles. The van der Waals surface area contributed by atoms with Gasteiger partial charge in [-0.25, -0.2) is 0 Å². The maximum absolute atomic E-state index is 11.3. The lowest BCUT2D eigenvalue weighted by Crippen LogP contribution is -1.96. The number of nitro benzene ring substituents is 1. The van der Waals surface area contributed by atoms with E-state index in [1.807, 2.05) is 40.8 Å². The minimum Gasteiger partial charge on any atom is -0.275 e. The summed E-state index contributed by atoms with van der Waals surface area (Å²) in [5.41, 5.74) is 2.05. The molecule has 0 unspecified atom stereocenters. The Morgan fingerprint density at radius 2 is 1.68 bits per heavy atom. The van der Waals surface area contributed by atoms with Crippen LogP contribution in [0.2, 0.25) is 0 Å². The molecule has 0 spiro atoms. The maximum Gasteiger partial charge on any atom is 0.280 e. The topological polar surface area (TPSA) is 73.3 Å². The second kappa shape index (κ2) is 4.63. The van der Waals surface area contributed by atoms with Crippen molar-refractivity contribution in [2.75, 3.05) is 0 Å². The van der Waals surface area contributed by atoms with E-state index < -0.39 is 4.92 Å². The highest BCUT2D eigenvalue weighted by molar-refractivity contribution is 5.84. The second-order valence-corrected chi connectivity index (χ2v) is 4.88. The van der Waals surface area contributed by atoms with Gasteiger partial charge in [0, 0.05) is 6.07 Å². The summed E-state index contributed by atoms with van der Waals surface area (Å²) in [5.74, 6) is 0.471. The monoisotopic (exact) mass is 290 g/mol. The summed E-state index contributed by atoms with van der Waals surface area (Å²) >= 11 is 0. The first-order valence-electron chi connectivity index (χ1n) is 6.72. The maximum atomic E-state index is 11.3. The first kappa shape index (κ1) is 12.5. The predicted octanol–water partition coefficient (Wildman–Crippen LogP) is 3.46. The lowest BCUT2D eigenvalue weighted by molar-refractivity contribution is -0.384. The lowest BCUT2D eigenvalue weighted by Gasteiger charge is -2.05. The summed E-state index contributed by atoms with van der Waals surface area (Å²) in [6.07, 6.45) is 0. The number of nitro groups is 1. The van der Waals surface area contributed by atoms with Crippen molar-refractivity contribution < 1.29 is 4.92 Å². The number of pyridine rings is 1. The summed E-state index contributed by atoms with van der Waals surface area (Å²) in [6.45, 7) is 0. The predicted molar refractivity (Wildman–Crippen MR) is 82.6 cm³/mol. The minimum atomic E-state index is -0.401. The van der Waals surface area contributed by atoms with E-state index in [0.717, 1.165) is 10.9 Å². The summed E-state index contributed by atoms with van der Waals surface area (Å²) in [7, 11) is 0. The van der Waals surface area contributed by atoms with Gasteiger partial charge in [-0.05, 0) is 29.7 Å². The van der Waals surface area contributed by atoms with Gasteiger partial charge >= 0.3 is 0 Å². The van der Waals surface area contributed by atoms with E-state index in [-0.39, 0.29) is 5.69 Å². The number of hydrogen-bond acceptors (Lipinski definition) is 4. The molecule has 2 aromatic carbocycles. The molecule has 4 aromatic rings. The van der Waals surface area contributed by atoms with E-state index in [4.69, 9.17) is 0 Å². The van der Waals surface area contributed by atoms with Crippen LogP contribution in [0.1, 0.15) is 0 Å². The number of rotatable bonds is 2. The summed E-state index contributed by atoms with van der Waals surface area (Å²) in [4.78, 5) is 10.9. The smallest absolute Gasteiger partial charge is 0.275 e. The second-order valence-electron chi connectivity index (χ2n) is 4.88. The Morgan fingerprint density at radius 3 is 2.55 bits per heavy atom. The molecule has 0 saturated heterocycles. The number of aromatic nitrogens is 3. The van der Waals surface area contributed by atoms with E-state index in [1.165, 1.54) is 6.07 Å². The van der Waals surface area contributed by atoms with Gasteiger partial charge in [0.25, 0.3) is 5.69 Å². The molecule has 0 bridgehead atoms. The van der Waals surface area contributed by atoms with Gasteiger partial charge in [-0.3, -0.25) is 14.5 Å². The van der Waals surface area contributed by atoms with Crippen molar-refractivity contribution in [1.82, 2.24) is 14.6 Å². The first-order valence-corrected chi connectivity index (χ1v) is 6.72. The average molecular weight is 290 g/mol. The van der Waals surface area contributed by atoms with Crippen LogP contribution < -0.4 is 0 Å². The molecule has 6 heteroatoms. The Kier molecular flexibility index (Phi) is 2.62. The van der Waals surface area contributed by atoms with Gasteiger partial charge in [0.05, 0.1) is 16.0 Å². The van der Waals surface area contributed by atoms with Crippen molar-refractivity contribution in [3.63, 3.8) is 0 Å². The Balaban J connectivity index is 2.13. The molecular formula is C16H10N4O2. The van der Waals surface area contributed by atoms with Crippen LogP contribution in [0.3, 0.4) is 0 Å². The van der Waals surface area contributed by atoms with E-state index in [2.05, 4.69) is 10.2 Å². The Morgan fingerprint density at radius 1 is 0.909 bits per heavy atom. The fourth-order valence-electron chi connectivity index (χ4n) is 2.63. The zero-order chi connectivity index (χ0) is 15.1. The molecule has 0 fully saturated rings. The van der Waals surface area contributed by atoms with Gasteiger partial charge in [-0.15, -0.1) is 10.2 Å². The molecule has 0 aliphatic rings. The highest BCUT2D eigenvalue weighted by Crippen LogP contribution is 2.30. The minimum absolute atomic E-state index is 0.0183. The normalized spacial score (nSPS) is 11.1. The number of para-hydroxylation sites is 2. The van der Waals surface area contributed by atoms with Crippen LogP contribution in [0.25, 0.3) is 27.9 Å². The zero-order valence-electron chi connectivity index (χ0n) is 11.4. The SMILES string of the molecule is O=[N+]([O-])c1ccccc1-c1nnc2ccc3ccccc3n12. The molecule has 0 atom stereocenters. The van der Waals surface area contributed by atoms with E-state index in [9.17, 15) is 10.1 Å². The Labute approximate surface area is 124 Å². The van der Waals surface area contributed by atoms with Crippen LogP contribution in [0, 0.1) is 10.1 Å². The number of fused-ring (bicyclic) bond motifs is 3. The van der Waals surface area contributed by atoms with Crippen LogP contribution in [0.5, 0.6) is 0 Å². The molecule has 0 aliphatic heterocycles. The third-order valence-corrected chi connectivity index (χ3v) is 3.62. The van der Waals surface area contributed by atoms with Crippen LogP contribution in [0.4, 0.5) is 5.69 Å². The first-order chi connectivity index (χ1) is 10.8. The molecular weight excluding hydrogens is 280 g/mol. The zero-order valence-corrected chi connectivity index (χ0v) is 11.4. The summed E-state index contributed by atoms with van der Waals surface area (Å²) < 4.78 is 1.84. The molecule has 0 N–H and O–H groups in total. The van der Waals surface area contributed by atoms with Crippen molar-refractivity contribution in [2.45, 2.75) is 0 Å². The third kappa shape index (κ3) is 1.74. The molecule has 0 saturated carbocycles. The van der Waals surface area contributed by atoms with E-state index in [1.54, 1.807) is 18.2 Å². The molecule has 0 radical (unpaired) electrons. The molecule has 22 heavy (non-hydrogen) atoms. The van der Waals surface area contributed by atoms with Gasteiger partial charge in [-0.1, -0.05) is 30.3 Å². The van der Waals surface area contributed by atoms with Crippen molar-refractivity contribution in [1.29, 1.82) is 0 Å². The van der Waals surface area contributed by atoms with Crippen molar-refractivity contribution in [3.8, 4) is 11.4 Å². The summed E-state index contributed by atoms with van der Waals surface area (Å²) in [6, 6.07) is 18.2. The van der Waals surface area contributed by atoms with Crippen LogP contribution >= 0.6 is 0 Å². The van der Waals surface area contributed by atoms with Gasteiger partial charge in [0.2, 0.25) is 0 Å². The molecule has 106 valence electrons. The van der Waals surface area contributed by atoms with E-state index >= 15 is 0 Å². The fourth-order valence-corrected chi connectivity index (χ4v) is 2.63. The molecule has 2 aromatic heterocycles. The van der Waals surface area contributed by atoms with Crippen molar-refractivity contribution >= 4 is 22.2 Å². The van der Waals surface area contributed by atoms with Crippen molar-refractivity contribution in [2.24, 2.45) is 0 Å². The molecule has 0 amide bonds. The van der Waals surface area contributed by atoms with Crippen LogP contribution in [0.15, 0.2) is 60.7 Å². The number of benzene rings is 2. The van der Waals surface area contributed by atoms with Crippen molar-refractivity contribution in [3.05, 3.63) is 70.8 Å². The Bertz CT molecular complexity index is 1020. The average Bonchev–Trinajstić information content (AvgIpc) is 2.99. The van der Waals surface area contributed by atoms with Crippen LogP contribution in [-0.4, -0.2) is 19.5 Å². The van der Waals surface area contributed by atoms with Gasteiger partial charge in [0.15, 0.2) is 11.5 Å². The standard InChI is InChI=1S/C16H10N4O2/c21-20(22)14-8-4-2-6-12(14)16-18-17-15-10-9-11-5-1-3-7-13(11)19(15)16/h1-10H. The van der Waals surface area contributed by atoms with Crippen LogP contribution in [-0.2, 0) is 0 Å². The summed E-state index contributed by atoms with van der Waals surface area (Å²) in [5, 5.41) is 20.6. The highest BCUT2D eigenvalue weighted by atomic mass is 16.6. The lowest BCUT2D eigenvalue weighted by atomic mass is 10.1.